The molecule has 14 heavy (non-hydrogen) atoms. The lowest BCUT2D eigenvalue weighted by Gasteiger charge is -2.13. The number of carbonyl (C=O) groups is 1. The van der Waals surface area contributed by atoms with Crippen LogP contribution < -0.4 is 16.0 Å². The van der Waals surface area contributed by atoms with E-state index < -0.39 is 0 Å². The molecule has 1 unspecified atom stereocenters. The molecule has 0 heterocycles. The molecule has 0 spiro atoms. The summed E-state index contributed by atoms with van der Waals surface area (Å²) in [6.45, 7) is 8.57. The van der Waals surface area contributed by atoms with Gasteiger partial charge in [-0.1, -0.05) is 20.3 Å². The maximum absolute atomic E-state index is 11.2. The predicted octanol–water partition coefficient (Wildman–Crippen LogP) is 1.08. The number of hydrogen-bond acceptors (Lipinski definition) is 2. The van der Waals surface area contributed by atoms with E-state index in [1.165, 1.54) is 0 Å². The summed E-state index contributed by atoms with van der Waals surface area (Å²) in [4.78, 5) is 11.2. The van der Waals surface area contributed by atoms with Gasteiger partial charge in [0.1, 0.15) is 0 Å². The van der Waals surface area contributed by atoms with Gasteiger partial charge in [-0.3, -0.25) is 0 Å². The summed E-state index contributed by atoms with van der Waals surface area (Å²) in [7, 11) is 0. The standard InChI is InChI=1S/C10H23N3O/c1-4-6-7-12-10(14)13-8-9(3)11-5-2/h9,11H,4-8H2,1-3H3,(H2,12,13,14). The second-order valence-electron chi connectivity index (χ2n) is 3.45. The summed E-state index contributed by atoms with van der Waals surface area (Å²) in [5.74, 6) is 0. The van der Waals surface area contributed by atoms with Gasteiger partial charge in [0.15, 0.2) is 0 Å². The van der Waals surface area contributed by atoms with Gasteiger partial charge in [-0.2, -0.15) is 0 Å². The van der Waals surface area contributed by atoms with Gasteiger partial charge in [-0.05, 0) is 19.9 Å². The van der Waals surface area contributed by atoms with E-state index in [1.807, 2.05) is 0 Å². The van der Waals surface area contributed by atoms with Crippen LogP contribution >= 0.6 is 0 Å². The lowest BCUT2D eigenvalue weighted by atomic mass is 10.3. The van der Waals surface area contributed by atoms with Crippen molar-refractivity contribution in [3.8, 4) is 0 Å². The number of nitrogens with one attached hydrogen (secondary N) is 3. The molecule has 1 atom stereocenters. The van der Waals surface area contributed by atoms with E-state index in [2.05, 4.69) is 36.7 Å². The smallest absolute Gasteiger partial charge is 0.314 e. The second-order valence-corrected chi connectivity index (χ2v) is 3.45. The summed E-state index contributed by atoms with van der Waals surface area (Å²) in [5, 5.41) is 8.84. The minimum Gasteiger partial charge on any atom is -0.338 e. The highest BCUT2D eigenvalue weighted by atomic mass is 16.2. The normalized spacial score (nSPS) is 12.2. The molecule has 4 heteroatoms. The van der Waals surface area contributed by atoms with Gasteiger partial charge < -0.3 is 16.0 Å². The predicted molar refractivity (Wildman–Crippen MR) is 59.4 cm³/mol. The topological polar surface area (TPSA) is 53.2 Å². The van der Waals surface area contributed by atoms with Gasteiger partial charge in [0.25, 0.3) is 0 Å². The third-order valence-electron chi connectivity index (χ3n) is 1.94. The number of urea groups is 1. The van der Waals surface area contributed by atoms with E-state index in [0.29, 0.717) is 12.6 Å². The Labute approximate surface area is 86.8 Å². The van der Waals surface area contributed by atoms with Crippen LogP contribution in [0.4, 0.5) is 4.79 Å². The monoisotopic (exact) mass is 201 g/mol. The summed E-state index contributed by atoms with van der Waals surface area (Å²) >= 11 is 0. The quantitative estimate of drug-likeness (QED) is 0.540. The van der Waals surface area contributed by atoms with Crippen molar-refractivity contribution in [3.63, 3.8) is 0 Å². The van der Waals surface area contributed by atoms with Gasteiger partial charge in [0.2, 0.25) is 0 Å². The number of rotatable bonds is 7. The minimum absolute atomic E-state index is 0.0665. The minimum atomic E-state index is -0.0665. The largest absolute Gasteiger partial charge is 0.338 e. The van der Waals surface area contributed by atoms with E-state index in [4.69, 9.17) is 0 Å². The zero-order valence-electron chi connectivity index (χ0n) is 9.52. The van der Waals surface area contributed by atoms with Crippen LogP contribution in [0, 0.1) is 0 Å². The highest BCUT2D eigenvalue weighted by Crippen LogP contribution is 1.82. The van der Waals surface area contributed by atoms with E-state index in [0.717, 1.165) is 25.9 Å². The van der Waals surface area contributed by atoms with E-state index in [9.17, 15) is 4.79 Å². The van der Waals surface area contributed by atoms with Crippen molar-refractivity contribution in [2.75, 3.05) is 19.6 Å². The van der Waals surface area contributed by atoms with E-state index >= 15 is 0 Å². The van der Waals surface area contributed by atoms with Crippen LogP contribution in [-0.2, 0) is 0 Å². The lowest BCUT2D eigenvalue weighted by molar-refractivity contribution is 0.239. The maximum atomic E-state index is 11.2. The SMILES string of the molecule is CCCCNC(=O)NCC(C)NCC. The van der Waals surface area contributed by atoms with Crippen molar-refractivity contribution >= 4 is 6.03 Å². The van der Waals surface area contributed by atoms with Crippen LogP contribution in [0.25, 0.3) is 0 Å². The Bertz CT molecular complexity index is 150. The zero-order valence-corrected chi connectivity index (χ0v) is 9.52. The highest BCUT2D eigenvalue weighted by molar-refractivity contribution is 5.73. The maximum Gasteiger partial charge on any atom is 0.314 e. The van der Waals surface area contributed by atoms with E-state index in [-0.39, 0.29) is 6.03 Å². The molecular weight excluding hydrogens is 178 g/mol. The molecule has 84 valence electrons. The molecule has 4 nitrogen and oxygen atoms in total. The van der Waals surface area contributed by atoms with Crippen LogP contribution in [0.3, 0.4) is 0 Å². The average molecular weight is 201 g/mol. The molecule has 0 bridgehead atoms. The molecule has 0 saturated carbocycles. The highest BCUT2D eigenvalue weighted by Gasteiger charge is 2.02. The van der Waals surface area contributed by atoms with Crippen molar-refractivity contribution in [2.24, 2.45) is 0 Å². The number of likely N-dealkylation sites (N-methyl/N-ethyl adjacent to an activating group) is 1. The second kappa shape index (κ2) is 8.81. The fourth-order valence-corrected chi connectivity index (χ4v) is 1.11. The summed E-state index contributed by atoms with van der Waals surface area (Å²) in [6.07, 6.45) is 2.14. The van der Waals surface area contributed by atoms with E-state index in [1.54, 1.807) is 0 Å². The van der Waals surface area contributed by atoms with Crippen LogP contribution in [-0.4, -0.2) is 31.7 Å². The van der Waals surface area contributed by atoms with Gasteiger partial charge >= 0.3 is 6.03 Å². The molecule has 0 aromatic heterocycles. The molecule has 0 rings (SSSR count). The fourth-order valence-electron chi connectivity index (χ4n) is 1.11. The zero-order chi connectivity index (χ0) is 10.8. The van der Waals surface area contributed by atoms with Gasteiger partial charge in [-0.25, -0.2) is 4.79 Å². The van der Waals surface area contributed by atoms with Crippen molar-refractivity contribution in [2.45, 2.75) is 39.7 Å². The molecule has 0 saturated heterocycles. The van der Waals surface area contributed by atoms with Crippen molar-refractivity contribution in [3.05, 3.63) is 0 Å². The molecular formula is C10H23N3O. The molecule has 0 radical (unpaired) electrons. The molecule has 3 N–H and O–H groups in total. The Morgan fingerprint density at radius 3 is 2.57 bits per heavy atom. The molecule has 0 aliphatic heterocycles. The van der Waals surface area contributed by atoms with Gasteiger partial charge in [0.05, 0.1) is 0 Å². The first kappa shape index (κ1) is 13.2. The Hall–Kier alpha value is -0.770. The molecule has 0 fully saturated rings. The lowest BCUT2D eigenvalue weighted by Crippen LogP contribution is -2.43. The number of unbranched alkanes of at least 4 members (excludes halogenated alkanes) is 1. The first-order valence-corrected chi connectivity index (χ1v) is 5.45. The Morgan fingerprint density at radius 1 is 1.29 bits per heavy atom. The average Bonchev–Trinajstić information content (AvgIpc) is 2.16. The van der Waals surface area contributed by atoms with Crippen LogP contribution in [0.2, 0.25) is 0 Å². The summed E-state index contributed by atoms with van der Waals surface area (Å²) < 4.78 is 0. The number of hydrogen-bond donors (Lipinski definition) is 3. The summed E-state index contributed by atoms with van der Waals surface area (Å²) in [6, 6.07) is 0.264. The first-order valence-electron chi connectivity index (χ1n) is 5.45. The van der Waals surface area contributed by atoms with Crippen molar-refractivity contribution in [1.29, 1.82) is 0 Å². The van der Waals surface area contributed by atoms with Crippen molar-refractivity contribution < 1.29 is 4.79 Å². The number of carbonyl (C=O) groups excluding carboxylic acids is 1. The Morgan fingerprint density at radius 2 is 2.00 bits per heavy atom. The summed E-state index contributed by atoms with van der Waals surface area (Å²) in [5.41, 5.74) is 0. The Balaban J connectivity index is 3.34. The molecule has 0 aliphatic carbocycles. The molecule has 0 aliphatic rings. The third kappa shape index (κ3) is 7.86. The van der Waals surface area contributed by atoms with Crippen molar-refractivity contribution in [1.82, 2.24) is 16.0 Å². The first-order chi connectivity index (χ1) is 6.70. The van der Waals surface area contributed by atoms with Crippen LogP contribution in [0.1, 0.15) is 33.6 Å². The van der Waals surface area contributed by atoms with Crippen LogP contribution in [0.15, 0.2) is 0 Å². The number of amides is 2. The Kier molecular flexibility index (Phi) is 8.33. The molecule has 0 aromatic rings. The molecule has 2 amide bonds. The van der Waals surface area contributed by atoms with Gasteiger partial charge in [-0.15, -0.1) is 0 Å². The third-order valence-corrected chi connectivity index (χ3v) is 1.94. The van der Waals surface area contributed by atoms with Gasteiger partial charge in [0, 0.05) is 19.1 Å². The fraction of sp³-hybridized carbons (Fsp3) is 0.900. The molecule has 0 aromatic carbocycles. The van der Waals surface area contributed by atoms with Crippen LogP contribution in [0.5, 0.6) is 0 Å².